The number of nitrogens with zero attached hydrogens (tertiary/aromatic N) is 2. The summed E-state index contributed by atoms with van der Waals surface area (Å²) < 4.78 is 0. The van der Waals surface area contributed by atoms with Gasteiger partial charge in [-0.1, -0.05) is 17.7 Å². The van der Waals surface area contributed by atoms with Gasteiger partial charge in [0.2, 0.25) is 0 Å². The lowest BCUT2D eigenvalue weighted by atomic mass is 9.93. The minimum atomic E-state index is 0.234. The SMILES string of the molecule is Cc1cc(C)c(-c2ccnc([C@H]3CC[C@@]4(CCN4C)N3)c2)c(C)c1. The third-order valence-electron chi connectivity index (χ3n) is 5.98. The van der Waals surface area contributed by atoms with Crippen molar-refractivity contribution in [3.8, 4) is 11.1 Å². The van der Waals surface area contributed by atoms with Crippen molar-refractivity contribution in [2.45, 2.75) is 51.7 Å². The Morgan fingerprint density at radius 2 is 1.88 bits per heavy atom. The highest BCUT2D eigenvalue weighted by Crippen LogP contribution is 2.41. The van der Waals surface area contributed by atoms with Gasteiger partial charge in [-0.2, -0.15) is 0 Å². The molecule has 0 radical (unpaired) electrons. The van der Waals surface area contributed by atoms with Crippen molar-refractivity contribution in [1.82, 2.24) is 15.2 Å². The normalized spacial score (nSPS) is 26.8. The van der Waals surface area contributed by atoms with Gasteiger partial charge in [-0.05, 0) is 81.5 Å². The molecule has 0 saturated carbocycles. The van der Waals surface area contributed by atoms with Crippen molar-refractivity contribution in [3.63, 3.8) is 0 Å². The summed E-state index contributed by atoms with van der Waals surface area (Å²) in [6, 6.07) is 9.36. The summed E-state index contributed by atoms with van der Waals surface area (Å²) >= 11 is 0. The number of hydrogen-bond donors (Lipinski definition) is 1. The fourth-order valence-electron chi connectivity index (χ4n) is 4.61. The highest BCUT2D eigenvalue weighted by molar-refractivity contribution is 5.71. The number of aromatic nitrogens is 1. The summed E-state index contributed by atoms with van der Waals surface area (Å²) in [5.41, 5.74) is 8.09. The molecule has 1 aromatic heterocycles. The number of likely N-dealkylation sites (tertiary alicyclic amines) is 1. The zero-order chi connectivity index (χ0) is 16.9. The van der Waals surface area contributed by atoms with Crippen LogP contribution in [-0.4, -0.2) is 29.1 Å². The molecule has 3 heteroatoms. The Kier molecular flexibility index (Phi) is 3.74. The van der Waals surface area contributed by atoms with Gasteiger partial charge >= 0.3 is 0 Å². The maximum atomic E-state index is 4.69. The van der Waals surface area contributed by atoms with Crippen molar-refractivity contribution >= 4 is 0 Å². The van der Waals surface area contributed by atoms with E-state index in [9.17, 15) is 0 Å². The number of pyridine rings is 1. The number of rotatable bonds is 2. The monoisotopic (exact) mass is 321 g/mol. The van der Waals surface area contributed by atoms with Gasteiger partial charge in [-0.3, -0.25) is 15.2 Å². The lowest BCUT2D eigenvalue weighted by Crippen LogP contribution is -2.63. The predicted molar refractivity (Wildman–Crippen MR) is 99.0 cm³/mol. The molecule has 1 N–H and O–H groups in total. The Balaban J connectivity index is 1.66. The molecule has 3 nitrogen and oxygen atoms in total. The molecule has 24 heavy (non-hydrogen) atoms. The van der Waals surface area contributed by atoms with Gasteiger partial charge in [0.25, 0.3) is 0 Å². The Morgan fingerprint density at radius 3 is 2.46 bits per heavy atom. The summed E-state index contributed by atoms with van der Waals surface area (Å²) in [5, 5.41) is 3.85. The first-order valence-electron chi connectivity index (χ1n) is 9.02. The molecule has 4 rings (SSSR count). The second-order valence-electron chi connectivity index (χ2n) is 7.68. The van der Waals surface area contributed by atoms with Gasteiger partial charge in [-0.25, -0.2) is 0 Å². The second kappa shape index (κ2) is 5.68. The molecule has 0 unspecified atom stereocenters. The predicted octanol–water partition coefficient (Wildman–Crippen LogP) is 4.13. The number of benzene rings is 1. The van der Waals surface area contributed by atoms with E-state index in [0.29, 0.717) is 6.04 Å². The van der Waals surface area contributed by atoms with Crippen LogP contribution >= 0.6 is 0 Å². The van der Waals surface area contributed by atoms with Crippen LogP contribution < -0.4 is 5.32 Å². The Morgan fingerprint density at radius 1 is 1.12 bits per heavy atom. The van der Waals surface area contributed by atoms with Crippen LogP contribution in [0.25, 0.3) is 11.1 Å². The molecule has 2 aliphatic heterocycles. The maximum absolute atomic E-state index is 4.69. The molecule has 2 aliphatic rings. The smallest absolute Gasteiger partial charge is 0.0728 e. The van der Waals surface area contributed by atoms with Gasteiger partial charge in [-0.15, -0.1) is 0 Å². The number of aryl methyl sites for hydroxylation is 3. The first kappa shape index (κ1) is 15.8. The molecular formula is C21H27N3. The van der Waals surface area contributed by atoms with Crippen molar-refractivity contribution < 1.29 is 0 Å². The highest BCUT2D eigenvalue weighted by Gasteiger charge is 2.47. The van der Waals surface area contributed by atoms with Crippen LogP contribution in [0.1, 0.15) is 47.7 Å². The molecule has 0 bridgehead atoms. The minimum Gasteiger partial charge on any atom is -0.291 e. The van der Waals surface area contributed by atoms with Crippen molar-refractivity contribution in [2.24, 2.45) is 0 Å². The second-order valence-corrected chi connectivity index (χ2v) is 7.68. The Bertz CT molecular complexity index is 759. The average molecular weight is 321 g/mol. The van der Waals surface area contributed by atoms with Crippen LogP contribution in [-0.2, 0) is 0 Å². The highest BCUT2D eigenvalue weighted by atomic mass is 15.4. The molecule has 2 fully saturated rings. The molecule has 2 aromatic rings. The largest absolute Gasteiger partial charge is 0.291 e. The summed E-state index contributed by atoms with van der Waals surface area (Å²) in [6.45, 7) is 7.79. The van der Waals surface area contributed by atoms with E-state index < -0.39 is 0 Å². The topological polar surface area (TPSA) is 28.2 Å². The Hall–Kier alpha value is -1.71. The lowest BCUT2D eigenvalue weighted by Gasteiger charge is -2.49. The van der Waals surface area contributed by atoms with Crippen molar-refractivity contribution in [1.29, 1.82) is 0 Å². The molecule has 1 spiro atoms. The van der Waals surface area contributed by atoms with E-state index in [1.54, 1.807) is 0 Å². The molecular weight excluding hydrogens is 294 g/mol. The molecule has 126 valence electrons. The van der Waals surface area contributed by atoms with Gasteiger partial charge < -0.3 is 0 Å². The van der Waals surface area contributed by atoms with E-state index in [4.69, 9.17) is 4.98 Å². The van der Waals surface area contributed by atoms with Gasteiger partial charge in [0.05, 0.1) is 17.4 Å². The number of nitrogens with one attached hydrogen (secondary N) is 1. The van der Waals surface area contributed by atoms with Crippen LogP contribution in [0.5, 0.6) is 0 Å². The average Bonchev–Trinajstić information content (AvgIpc) is 3.01. The van der Waals surface area contributed by atoms with E-state index >= 15 is 0 Å². The fraction of sp³-hybridized carbons (Fsp3) is 0.476. The first-order chi connectivity index (χ1) is 11.5. The van der Waals surface area contributed by atoms with Crippen LogP contribution in [0.4, 0.5) is 0 Å². The van der Waals surface area contributed by atoms with Gasteiger partial charge in [0.15, 0.2) is 0 Å². The summed E-state index contributed by atoms with van der Waals surface area (Å²) in [6.07, 6.45) is 5.63. The van der Waals surface area contributed by atoms with E-state index in [0.717, 1.165) is 0 Å². The standard InChI is InChI=1S/C21H27N3/c1-14-11-15(2)20(16(3)12-14)17-6-9-22-19(13-17)18-5-7-21(23-18)8-10-24(21)4/h6,9,11-13,18,23H,5,7-8,10H2,1-4H3/t18-,21-/m1/s1. The van der Waals surface area contributed by atoms with E-state index in [-0.39, 0.29) is 5.66 Å². The zero-order valence-electron chi connectivity index (χ0n) is 15.2. The lowest BCUT2D eigenvalue weighted by molar-refractivity contribution is -0.00649. The van der Waals surface area contributed by atoms with E-state index in [1.165, 1.54) is 59.3 Å². The summed E-state index contributed by atoms with van der Waals surface area (Å²) in [7, 11) is 2.22. The van der Waals surface area contributed by atoms with Crippen molar-refractivity contribution in [2.75, 3.05) is 13.6 Å². The third-order valence-corrected chi connectivity index (χ3v) is 5.98. The quantitative estimate of drug-likeness (QED) is 0.901. The zero-order valence-corrected chi connectivity index (χ0v) is 15.2. The molecule has 0 aliphatic carbocycles. The Labute approximate surface area is 145 Å². The van der Waals surface area contributed by atoms with Crippen LogP contribution in [0, 0.1) is 20.8 Å². The van der Waals surface area contributed by atoms with Crippen LogP contribution in [0.2, 0.25) is 0 Å². The fourth-order valence-corrected chi connectivity index (χ4v) is 4.61. The molecule has 1 aromatic carbocycles. The van der Waals surface area contributed by atoms with Gasteiger partial charge in [0, 0.05) is 12.7 Å². The van der Waals surface area contributed by atoms with Crippen LogP contribution in [0.3, 0.4) is 0 Å². The summed E-state index contributed by atoms with van der Waals surface area (Å²) in [5.74, 6) is 0. The molecule has 2 saturated heterocycles. The van der Waals surface area contributed by atoms with Crippen molar-refractivity contribution in [3.05, 3.63) is 52.8 Å². The third kappa shape index (κ3) is 2.47. The number of hydrogen-bond acceptors (Lipinski definition) is 3. The van der Waals surface area contributed by atoms with Gasteiger partial charge in [0.1, 0.15) is 0 Å². The molecule has 3 heterocycles. The molecule has 2 atom stereocenters. The maximum Gasteiger partial charge on any atom is 0.0728 e. The molecule has 0 amide bonds. The van der Waals surface area contributed by atoms with E-state index in [1.807, 2.05) is 6.20 Å². The van der Waals surface area contributed by atoms with E-state index in [2.05, 4.69) is 62.3 Å². The first-order valence-corrected chi connectivity index (χ1v) is 9.02. The van der Waals surface area contributed by atoms with Crippen LogP contribution in [0.15, 0.2) is 30.5 Å². The minimum absolute atomic E-state index is 0.234. The summed E-state index contributed by atoms with van der Waals surface area (Å²) in [4.78, 5) is 7.14.